The zero-order chi connectivity index (χ0) is 29.4. The van der Waals surface area contributed by atoms with E-state index < -0.39 is 12.2 Å². The van der Waals surface area contributed by atoms with Crippen LogP contribution < -0.4 is 9.80 Å². The minimum atomic E-state index is -0.857. The molecule has 0 aliphatic rings. The summed E-state index contributed by atoms with van der Waals surface area (Å²) in [5.74, 6) is 0. The molecule has 6 aromatic rings. The van der Waals surface area contributed by atoms with Crippen molar-refractivity contribution in [3.8, 4) is 11.1 Å². The lowest BCUT2D eigenvalue weighted by molar-refractivity contribution is 0.219. The molecule has 6 aromatic carbocycles. The topological polar surface area (TPSA) is 46.9 Å². The molecule has 210 valence electrons. The average molecular weight is 553 g/mol. The van der Waals surface area contributed by atoms with Gasteiger partial charge in [-0.15, -0.1) is 0 Å². The van der Waals surface area contributed by atoms with Crippen molar-refractivity contribution in [2.24, 2.45) is 0 Å². The summed E-state index contributed by atoms with van der Waals surface area (Å²) in [6, 6.07) is 40.9. The van der Waals surface area contributed by atoms with E-state index >= 15 is 0 Å². The predicted molar refractivity (Wildman–Crippen MR) is 177 cm³/mol. The second-order valence-electron chi connectivity index (χ2n) is 11.3. The smallest absolute Gasteiger partial charge is 0.105 e. The van der Waals surface area contributed by atoms with Crippen LogP contribution in [0.1, 0.15) is 34.5 Å². The van der Waals surface area contributed by atoms with Crippen LogP contribution in [0.5, 0.6) is 0 Å². The van der Waals surface area contributed by atoms with Crippen molar-refractivity contribution in [3.63, 3.8) is 0 Å². The lowest BCUT2D eigenvalue weighted by Gasteiger charge is -2.24. The summed E-state index contributed by atoms with van der Waals surface area (Å²) in [7, 11) is 8.03. The van der Waals surface area contributed by atoms with Gasteiger partial charge in [-0.3, -0.25) is 0 Å². The highest BCUT2D eigenvalue weighted by molar-refractivity contribution is 6.08. The average Bonchev–Trinajstić information content (AvgIpc) is 3.03. The Labute approximate surface area is 247 Å². The zero-order valence-electron chi connectivity index (χ0n) is 24.5. The second-order valence-corrected chi connectivity index (χ2v) is 11.3. The highest BCUT2D eigenvalue weighted by Gasteiger charge is 2.25. The van der Waals surface area contributed by atoms with E-state index in [1.165, 1.54) is 0 Å². The largest absolute Gasteiger partial charge is 0.384 e. The van der Waals surface area contributed by atoms with Crippen LogP contribution in [0.25, 0.3) is 32.7 Å². The van der Waals surface area contributed by atoms with Crippen LogP contribution in [0.2, 0.25) is 0 Å². The van der Waals surface area contributed by atoms with E-state index in [-0.39, 0.29) is 0 Å². The van der Waals surface area contributed by atoms with Crippen LogP contribution in [0.4, 0.5) is 11.4 Å². The van der Waals surface area contributed by atoms with Crippen LogP contribution in [0.3, 0.4) is 0 Å². The number of rotatable bonds is 7. The zero-order valence-corrected chi connectivity index (χ0v) is 24.5. The summed E-state index contributed by atoms with van der Waals surface area (Å²) in [4.78, 5) is 4.10. The van der Waals surface area contributed by atoms with Crippen LogP contribution in [-0.4, -0.2) is 38.4 Å². The third-order valence-corrected chi connectivity index (χ3v) is 8.21. The Morgan fingerprint density at radius 3 is 1.14 bits per heavy atom. The van der Waals surface area contributed by atoms with Crippen molar-refractivity contribution < 1.29 is 10.2 Å². The number of fused-ring (bicyclic) bond motifs is 2. The Hall–Kier alpha value is -4.64. The first-order valence-corrected chi connectivity index (χ1v) is 14.3. The maximum absolute atomic E-state index is 11.9. The number of anilines is 2. The molecule has 4 nitrogen and oxygen atoms in total. The van der Waals surface area contributed by atoms with Gasteiger partial charge in [0.25, 0.3) is 0 Å². The minimum absolute atomic E-state index is 0.805. The molecule has 42 heavy (non-hydrogen) atoms. The SMILES string of the molecule is CN(C)c1ccc(C(O)c2ccc3ccccc3c2-c2c(C(O)c3ccc(N(C)C)cc3)ccc3ccccc23)cc1. The fourth-order valence-corrected chi connectivity index (χ4v) is 5.86. The van der Waals surface area contributed by atoms with Crippen molar-refractivity contribution in [2.75, 3.05) is 38.0 Å². The number of benzene rings is 6. The molecule has 0 saturated heterocycles. The molecule has 0 aliphatic heterocycles. The third-order valence-electron chi connectivity index (χ3n) is 8.21. The standard InChI is InChI=1S/C38H36N2O2/c1-39(2)29-19-13-27(14-20-29)37(41)33-23-17-25-9-5-7-11-31(25)35(33)36-32-12-8-6-10-26(32)18-24-34(36)38(42)28-15-21-30(22-16-28)40(3)4/h5-24,37-38,41-42H,1-4H3. The number of aliphatic hydroxyl groups is 2. The molecule has 0 heterocycles. The Balaban J connectivity index is 1.62. The fraction of sp³-hybridized carbons (Fsp3) is 0.158. The van der Waals surface area contributed by atoms with Crippen LogP contribution in [-0.2, 0) is 0 Å². The molecule has 0 saturated carbocycles. The Morgan fingerprint density at radius 1 is 0.429 bits per heavy atom. The van der Waals surface area contributed by atoms with E-state index in [0.29, 0.717) is 0 Å². The summed E-state index contributed by atoms with van der Waals surface area (Å²) >= 11 is 0. The molecule has 2 N–H and O–H groups in total. The molecule has 0 radical (unpaired) electrons. The molecule has 0 bridgehead atoms. The van der Waals surface area contributed by atoms with Gasteiger partial charge >= 0.3 is 0 Å². The van der Waals surface area contributed by atoms with Crippen molar-refractivity contribution in [1.29, 1.82) is 0 Å². The molecule has 0 amide bonds. The maximum atomic E-state index is 11.9. The van der Waals surface area contributed by atoms with E-state index in [4.69, 9.17) is 0 Å². The quantitative estimate of drug-likeness (QED) is 0.211. The van der Waals surface area contributed by atoms with Crippen molar-refractivity contribution >= 4 is 32.9 Å². The molecule has 0 fully saturated rings. The monoisotopic (exact) mass is 552 g/mol. The molecule has 2 unspecified atom stereocenters. The minimum Gasteiger partial charge on any atom is -0.384 e. The van der Waals surface area contributed by atoms with Gasteiger partial charge in [0.05, 0.1) is 0 Å². The van der Waals surface area contributed by atoms with E-state index in [9.17, 15) is 10.2 Å². The highest BCUT2D eigenvalue weighted by Crippen LogP contribution is 2.45. The van der Waals surface area contributed by atoms with E-state index in [1.54, 1.807) is 0 Å². The van der Waals surface area contributed by atoms with Gasteiger partial charge in [0.15, 0.2) is 0 Å². The lowest BCUT2D eigenvalue weighted by Crippen LogP contribution is -2.10. The molecule has 0 aromatic heterocycles. The van der Waals surface area contributed by atoms with E-state index in [0.717, 1.165) is 66.3 Å². The van der Waals surface area contributed by atoms with Gasteiger partial charge in [-0.1, -0.05) is 97.1 Å². The van der Waals surface area contributed by atoms with E-state index in [1.807, 2.05) is 123 Å². The first kappa shape index (κ1) is 27.5. The normalized spacial score (nSPS) is 12.8. The van der Waals surface area contributed by atoms with Gasteiger partial charge in [-0.05, 0) is 79.2 Å². The molecule has 2 atom stereocenters. The van der Waals surface area contributed by atoms with Crippen molar-refractivity contribution in [1.82, 2.24) is 0 Å². The maximum Gasteiger partial charge on any atom is 0.105 e. The highest BCUT2D eigenvalue weighted by atomic mass is 16.3. The van der Waals surface area contributed by atoms with Gasteiger partial charge in [0.1, 0.15) is 12.2 Å². The van der Waals surface area contributed by atoms with Crippen molar-refractivity contribution in [3.05, 3.63) is 144 Å². The Bertz CT molecular complexity index is 1720. The molecular formula is C38H36N2O2. The summed E-state index contributed by atoms with van der Waals surface area (Å²) in [6.45, 7) is 0. The molecule has 6 rings (SSSR count). The number of hydrogen-bond donors (Lipinski definition) is 2. The lowest BCUT2D eigenvalue weighted by atomic mass is 9.82. The molecule has 0 spiro atoms. The van der Waals surface area contributed by atoms with Gasteiger partial charge in [0, 0.05) is 39.6 Å². The molecule has 4 heteroatoms. The van der Waals surface area contributed by atoms with Gasteiger partial charge in [0.2, 0.25) is 0 Å². The van der Waals surface area contributed by atoms with Crippen LogP contribution in [0, 0.1) is 0 Å². The van der Waals surface area contributed by atoms with Gasteiger partial charge in [-0.25, -0.2) is 0 Å². The first-order valence-electron chi connectivity index (χ1n) is 14.3. The summed E-state index contributed by atoms with van der Waals surface area (Å²) < 4.78 is 0. The predicted octanol–water partition coefficient (Wildman–Crippen LogP) is 7.96. The Morgan fingerprint density at radius 2 is 0.786 bits per heavy atom. The first-order chi connectivity index (χ1) is 20.3. The number of nitrogens with zero attached hydrogens (tertiary/aromatic N) is 2. The van der Waals surface area contributed by atoms with Crippen LogP contribution in [0.15, 0.2) is 121 Å². The Kier molecular flexibility index (Phi) is 7.42. The van der Waals surface area contributed by atoms with Crippen molar-refractivity contribution in [2.45, 2.75) is 12.2 Å². The van der Waals surface area contributed by atoms with Gasteiger partial charge in [-0.2, -0.15) is 0 Å². The molecular weight excluding hydrogens is 516 g/mol. The summed E-state index contributed by atoms with van der Waals surface area (Å²) in [6.07, 6.45) is -1.71. The number of hydrogen-bond acceptors (Lipinski definition) is 4. The van der Waals surface area contributed by atoms with Gasteiger partial charge < -0.3 is 20.0 Å². The van der Waals surface area contributed by atoms with E-state index in [2.05, 4.69) is 36.4 Å². The molecule has 0 aliphatic carbocycles. The second kappa shape index (κ2) is 11.3. The number of aliphatic hydroxyl groups excluding tert-OH is 2. The summed E-state index contributed by atoms with van der Waals surface area (Å²) in [5.41, 5.74) is 7.27. The van der Waals surface area contributed by atoms with Crippen LogP contribution >= 0.6 is 0 Å². The fourth-order valence-electron chi connectivity index (χ4n) is 5.86. The third kappa shape index (κ3) is 5.00. The summed E-state index contributed by atoms with van der Waals surface area (Å²) in [5, 5.41) is 28.1.